The fourth-order valence-electron chi connectivity index (χ4n) is 10.8. The molecule has 0 radical (unpaired) electrons. The zero-order chi connectivity index (χ0) is 59.6. The number of nitrogens with zero attached hydrogens (tertiary/aromatic N) is 1. The lowest BCUT2D eigenvalue weighted by Crippen LogP contribution is -2.69. The SMILES string of the molecule is CC1[C@H](C)OC(=O)C[C@H](O)C[C@H](O)CC[C@@H](O)[C@H](O)C[C@H](O)C[C@]2(O)C[C@H](O)C(C(=O)N3CCCCC3)C(C[C@@H](OC3O[C@H](C)[C@@H](O)[C@H](NC[C@@]4(O)OC[C@@H](O)[C@@H](O)[C@@H]4O)[C@@H]3O)C=C/C=C/C=C/C=C/C=C/C=C/C=C/[C@H](C)[C@H]1O)O2. The van der Waals surface area contributed by atoms with Crippen LogP contribution in [0.25, 0.3) is 0 Å². The summed E-state index contributed by atoms with van der Waals surface area (Å²) in [6.45, 7) is 6.32. The average Bonchev–Trinajstić information content (AvgIpc) is 3.52. The second kappa shape index (κ2) is 32.6. The van der Waals surface area contributed by atoms with Gasteiger partial charge >= 0.3 is 5.97 Å². The molecule has 0 saturated carbocycles. The molecule has 15 N–H and O–H groups in total. The molecule has 5 aliphatic rings. The molecule has 0 aromatic rings. The number of cyclic esters (lactones) is 1. The monoisotopic (exact) mass is 1150 g/mol. The number of likely N-dealkylation sites (tertiary alicyclic amines) is 1. The Kier molecular flexibility index (Phi) is 27.4. The van der Waals surface area contributed by atoms with Crippen LogP contribution in [-0.2, 0) is 33.3 Å². The van der Waals surface area contributed by atoms with Crippen molar-refractivity contribution in [3.8, 4) is 0 Å². The Morgan fingerprint density at radius 3 is 1.88 bits per heavy atom. The Bertz CT molecular complexity index is 2140. The fraction of sp³-hybridized carbons (Fsp3) is 0.724. The molecule has 0 aliphatic carbocycles. The Labute approximate surface area is 474 Å². The summed E-state index contributed by atoms with van der Waals surface area (Å²) in [5.74, 6) is -8.04. The maximum atomic E-state index is 14.4. The minimum Gasteiger partial charge on any atom is -0.462 e. The lowest BCUT2D eigenvalue weighted by atomic mass is 9.81. The first kappa shape index (κ1) is 68.1. The summed E-state index contributed by atoms with van der Waals surface area (Å²) < 4.78 is 29.5. The fourth-order valence-corrected chi connectivity index (χ4v) is 10.8. The molecule has 23 heteroatoms. The van der Waals surface area contributed by atoms with E-state index in [-0.39, 0.29) is 31.6 Å². The van der Waals surface area contributed by atoms with Crippen molar-refractivity contribution in [1.29, 1.82) is 0 Å². The van der Waals surface area contributed by atoms with E-state index in [4.69, 9.17) is 23.7 Å². The van der Waals surface area contributed by atoms with Gasteiger partial charge in [-0.05, 0) is 52.4 Å². The minimum absolute atomic E-state index is 0.121. The van der Waals surface area contributed by atoms with E-state index in [2.05, 4.69) is 5.32 Å². The molecule has 81 heavy (non-hydrogen) atoms. The smallest absolute Gasteiger partial charge is 0.308 e. The second-order valence-electron chi connectivity index (χ2n) is 22.6. The van der Waals surface area contributed by atoms with Gasteiger partial charge in [0.15, 0.2) is 12.1 Å². The Hall–Kier alpha value is -3.64. The molecule has 0 aromatic carbocycles. The predicted molar refractivity (Wildman–Crippen MR) is 293 cm³/mol. The second-order valence-corrected chi connectivity index (χ2v) is 22.6. The number of rotatable bonds is 6. The summed E-state index contributed by atoms with van der Waals surface area (Å²) in [6, 6.07) is -1.33. The Balaban J connectivity index is 1.42. The van der Waals surface area contributed by atoms with Crippen molar-refractivity contribution in [2.45, 2.75) is 220 Å². The quantitative estimate of drug-likeness (QED) is 0.143. The third-order valence-corrected chi connectivity index (χ3v) is 15.9. The first-order valence-electron chi connectivity index (χ1n) is 28.5. The van der Waals surface area contributed by atoms with Crippen LogP contribution in [0.2, 0.25) is 0 Å². The number of esters is 1. The van der Waals surface area contributed by atoms with Gasteiger partial charge in [-0.1, -0.05) is 98.9 Å². The van der Waals surface area contributed by atoms with E-state index in [1.807, 2.05) is 13.0 Å². The molecule has 0 spiro atoms. The van der Waals surface area contributed by atoms with Crippen molar-refractivity contribution in [2.75, 3.05) is 26.2 Å². The molecule has 460 valence electrons. The summed E-state index contributed by atoms with van der Waals surface area (Å²) in [4.78, 5) is 28.8. The molecule has 23 atom stereocenters. The number of amides is 1. The molecular weight excluding hydrogens is 1060 g/mol. The van der Waals surface area contributed by atoms with Gasteiger partial charge in [0.1, 0.15) is 30.5 Å². The van der Waals surface area contributed by atoms with Gasteiger partial charge in [-0.3, -0.25) is 9.59 Å². The number of nitrogens with one attached hydrogen (secondary N) is 1. The lowest BCUT2D eigenvalue weighted by molar-refractivity contribution is -0.323. The maximum Gasteiger partial charge on any atom is 0.308 e. The van der Waals surface area contributed by atoms with Crippen molar-refractivity contribution in [1.82, 2.24) is 10.2 Å². The number of ether oxygens (including phenoxy) is 5. The molecule has 5 aliphatic heterocycles. The number of aliphatic hydroxyl groups excluding tert-OH is 12. The highest BCUT2D eigenvalue weighted by Gasteiger charge is 2.53. The third-order valence-electron chi connectivity index (χ3n) is 15.9. The normalized spacial score (nSPS) is 45.4. The van der Waals surface area contributed by atoms with Crippen molar-refractivity contribution >= 4 is 11.9 Å². The predicted octanol–water partition coefficient (Wildman–Crippen LogP) is -0.928. The molecule has 4 fully saturated rings. The number of hydrogen-bond donors (Lipinski definition) is 15. The van der Waals surface area contributed by atoms with Crippen molar-refractivity contribution in [2.24, 2.45) is 17.8 Å². The number of carbonyl (C=O) groups excluding carboxylic acids is 2. The van der Waals surface area contributed by atoms with Crippen LogP contribution in [0.5, 0.6) is 0 Å². The van der Waals surface area contributed by atoms with Crippen LogP contribution in [-0.4, -0.2) is 236 Å². The van der Waals surface area contributed by atoms with E-state index in [1.54, 1.807) is 97.7 Å². The van der Waals surface area contributed by atoms with Gasteiger partial charge in [-0.15, -0.1) is 0 Å². The highest BCUT2D eigenvalue weighted by molar-refractivity contribution is 5.80. The van der Waals surface area contributed by atoms with E-state index in [1.165, 1.54) is 6.92 Å². The average molecular weight is 1150 g/mol. The highest BCUT2D eigenvalue weighted by atomic mass is 16.7. The molecule has 23 nitrogen and oxygen atoms in total. The van der Waals surface area contributed by atoms with E-state index in [0.29, 0.717) is 25.9 Å². The summed E-state index contributed by atoms with van der Waals surface area (Å²) >= 11 is 0. The van der Waals surface area contributed by atoms with Crippen LogP contribution in [0.15, 0.2) is 85.1 Å². The zero-order valence-corrected chi connectivity index (χ0v) is 46.9. The third kappa shape index (κ3) is 20.5. The summed E-state index contributed by atoms with van der Waals surface area (Å²) in [5, 5.41) is 157. The van der Waals surface area contributed by atoms with E-state index in [9.17, 15) is 81.1 Å². The van der Waals surface area contributed by atoms with Crippen LogP contribution < -0.4 is 5.32 Å². The number of hydrogen-bond acceptors (Lipinski definition) is 22. The number of allylic oxidation sites excluding steroid dienone is 12. The van der Waals surface area contributed by atoms with Gasteiger partial charge < -0.3 is 105 Å². The summed E-state index contributed by atoms with van der Waals surface area (Å²) in [6.07, 6.45) is -0.106. The van der Waals surface area contributed by atoms with E-state index >= 15 is 0 Å². The Morgan fingerprint density at radius 1 is 0.642 bits per heavy atom. The summed E-state index contributed by atoms with van der Waals surface area (Å²) in [7, 11) is 0. The van der Waals surface area contributed by atoms with E-state index in [0.717, 1.165) is 6.42 Å². The van der Waals surface area contributed by atoms with Gasteiger partial charge in [0.05, 0.1) is 98.7 Å². The van der Waals surface area contributed by atoms with Crippen molar-refractivity contribution in [3.63, 3.8) is 0 Å². The van der Waals surface area contributed by atoms with Crippen LogP contribution in [0.4, 0.5) is 0 Å². The molecule has 4 unspecified atom stereocenters. The molecular formula is C58H92N2O21. The molecule has 0 aromatic heterocycles. The number of carbonyl (C=O) groups is 2. The lowest BCUT2D eigenvalue weighted by Gasteiger charge is -2.47. The van der Waals surface area contributed by atoms with Gasteiger partial charge in [0, 0.05) is 50.6 Å². The molecule has 4 saturated heterocycles. The van der Waals surface area contributed by atoms with Crippen LogP contribution in [0, 0.1) is 17.8 Å². The van der Waals surface area contributed by atoms with Gasteiger partial charge in [-0.2, -0.15) is 0 Å². The van der Waals surface area contributed by atoms with Gasteiger partial charge in [0.2, 0.25) is 11.7 Å². The first-order chi connectivity index (χ1) is 38.3. The highest BCUT2D eigenvalue weighted by Crippen LogP contribution is 2.39. The van der Waals surface area contributed by atoms with Crippen LogP contribution >= 0.6 is 0 Å². The summed E-state index contributed by atoms with van der Waals surface area (Å²) in [5.41, 5.74) is 0. The van der Waals surface area contributed by atoms with Crippen molar-refractivity contribution in [3.05, 3.63) is 85.1 Å². The van der Waals surface area contributed by atoms with Crippen LogP contribution in [0.1, 0.15) is 98.3 Å². The largest absolute Gasteiger partial charge is 0.462 e. The van der Waals surface area contributed by atoms with Gasteiger partial charge in [-0.25, -0.2) is 0 Å². The van der Waals surface area contributed by atoms with Crippen LogP contribution in [0.3, 0.4) is 0 Å². The molecule has 1 amide bonds. The zero-order valence-electron chi connectivity index (χ0n) is 46.9. The first-order valence-corrected chi connectivity index (χ1v) is 28.5. The molecule has 5 heterocycles. The van der Waals surface area contributed by atoms with Gasteiger partial charge in [0.25, 0.3) is 0 Å². The standard InChI is InChI=1S/C58H92N2O21/c1-34-20-16-13-11-9-7-5-6-8-10-12-14-17-21-41(80-56-53(72)49(51(70)37(4)79-56)59-33-58(76)54(73)52(71)45(67)32-77-58)29-46-48(55(74)60-24-18-15-19-25-60)44(66)31-57(75,81-46)30-40(63)27-43(65)42(64)23-22-38(61)26-39(62)28-47(68)78-36(3)35(2)50(34)69/h5-14,16-17,20-21,34-46,48-54,56,59,61-67,69-73,75-76H,15,18-19,22-33H2,1-4H3/b6-5+,9-7+,10-8+,13-11+,14-12+,20-16+,21-17?/t34-,35?,36-,37+,38+,39+,40-,41-,42+,43+,44-,45+,46?,48?,49-,50+,51+,52+,53-,54-,56?,57+,58+/m0/s1. The number of aliphatic hydroxyl groups is 14. The maximum absolute atomic E-state index is 14.4. The topological polar surface area (TPSA) is 379 Å². The molecule has 5 rings (SSSR count). The number of fused-ring (bicyclic) bond motifs is 2. The number of piperidine rings is 1. The Morgan fingerprint density at radius 2 is 1.25 bits per heavy atom. The molecule has 2 bridgehead atoms. The minimum atomic E-state index is -2.45. The van der Waals surface area contributed by atoms with E-state index < -0.39 is 184 Å². The van der Waals surface area contributed by atoms with Crippen molar-refractivity contribution < 1.29 is 105 Å².